The number of nitrogens with zero attached hydrogens (tertiary/aromatic N) is 7. The van der Waals surface area contributed by atoms with Crippen molar-refractivity contribution < 1.29 is 62.2 Å². The molecule has 0 atom stereocenters. The predicted molar refractivity (Wildman–Crippen MR) is 149 cm³/mol. The van der Waals surface area contributed by atoms with Gasteiger partial charge in [-0.3, -0.25) is 0 Å². The van der Waals surface area contributed by atoms with Crippen LogP contribution in [0, 0.1) is 0 Å². The third-order valence-electron chi connectivity index (χ3n) is 6.34. The maximum atomic E-state index is 12.6. The Kier molecular flexibility index (Phi) is 9.52. The van der Waals surface area contributed by atoms with Gasteiger partial charge in [0.25, 0.3) is 0 Å². The first-order chi connectivity index (χ1) is 23.2. The molecule has 21 heteroatoms. The maximum Gasteiger partial charge on any atom is 0.573 e. The minimum absolute atomic E-state index is 0.0783. The summed E-state index contributed by atoms with van der Waals surface area (Å²) in [5, 5.41) is 14.1. The van der Waals surface area contributed by atoms with Crippen LogP contribution in [-0.4, -0.2) is 60.0 Å². The highest BCUT2D eigenvalue weighted by Crippen LogP contribution is 2.30. The molecule has 0 spiro atoms. The molecule has 0 bridgehead atoms. The van der Waals surface area contributed by atoms with E-state index in [-0.39, 0.29) is 33.6 Å². The summed E-state index contributed by atoms with van der Waals surface area (Å²) >= 11 is 0. The number of rotatable bonds is 6. The van der Waals surface area contributed by atoms with Gasteiger partial charge in [0.05, 0.1) is 11.2 Å². The van der Waals surface area contributed by atoms with Crippen LogP contribution in [0.5, 0.6) is 11.5 Å². The molecule has 6 rings (SSSR count). The third kappa shape index (κ3) is 9.72. The standard InChI is InChI=1S/C15H9F6N3O.C14H8F6N4O/c16-14(17,18)8-24-13-7-10(3-6-12(13)22-23-24)9-1-4-11(5-2-9)25-15(19,20)21;15-13(16,17)7-24-12-11(22-23-24)6-5-10(21-12)8-1-3-9(4-2-8)25-14(18,19)20/h1-7H,8H2;1-6H,7H2. The van der Waals surface area contributed by atoms with Gasteiger partial charge >= 0.3 is 25.1 Å². The van der Waals surface area contributed by atoms with E-state index in [9.17, 15) is 52.7 Å². The molecule has 0 saturated carbocycles. The summed E-state index contributed by atoms with van der Waals surface area (Å²) < 4.78 is 157. The lowest BCUT2D eigenvalue weighted by atomic mass is 10.0. The molecule has 3 heterocycles. The third-order valence-corrected chi connectivity index (χ3v) is 6.34. The zero-order valence-electron chi connectivity index (χ0n) is 24.4. The second-order valence-electron chi connectivity index (χ2n) is 10.1. The van der Waals surface area contributed by atoms with Crippen LogP contribution in [0.15, 0.2) is 78.9 Å². The molecule has 0 aliphatic carbocycles. The van der Waals surface area contributed by atoms with Crippen LogP contribution in [0.4, 0.5) is 52.7 Å². The fraction of sp³-hybridized carbons (Fsp3) is 0.207. The van der Waals surface area contributed by atoms with Gasteiger partial charge in [0.2, 0.25) is 0 Å². The van der Waals surface area contributed by atoms with Crippen molar-refractivity contribution >= 4 is 22.2 Å². The van der Waals surface area contributed by atoms with Gasteiger partial charge in [-0.25, -0.2) is 14.3 Å². The Morgan fingerprint density at radius 1 is 0.500 bits per heavy atom. The Morgan fingerprint density at radius 2 is 0.960 bits per heavy atom. The van der Waals surface area contributed by atoms with E-state index in [1.807, 2.05) is 0 Å². The molecular weight excluding hydrogens is 706 g/mol. The van der Waals surface area contributed by atoms with Crippen LogP contribution in [0.3, 0.4) is 0 Å². The SMILES string of the molecule is FC(F)(F)Cn1nnc2ccc(-c3ccc(OC(F)(F)F)cc3)cc21.FC(F)(F)Cn1nnc2ccc(-c3ccc(OC(F)(F)F)cc3)nc21. The van der Waals surface area contributed by atoms with Crippen LogP contribution in [-0.2, 0) is 13.1 Å². The molecule has 0 aliphatic heterocycles. The van der Waals surface area contributed by atoms with Gasteiger partial charge in [0.1, 0.15) is 35.6 Å². The van der Waals surface area contributed by atoms with Crippen LogP contribution in [0.25, 0.3) is 44.6 Å². The summed E-state index contributed by atoms with van der Waals surface area (Å²) in [5.41, 5.74) is 2.23. The van der Waals surface area contributed by atoms with E-state index in [0.29, 0.717) is 21.4 Å². The summed E-state index contributed by atoms with van der Waals surface area (Å²) in [6.45, 7) is -2.64. The fourth-order valence-corrected chi connectivity index (χ4v) is 4.40. The Balaban J connectivity index is 0.000000194. The number of ether oxygens (including phenoxy) is 2. The first kappa shape index (κ1) is 35.7. The van der Waals surface area contributed by atoms with E-state index in [1.54, 1.807) is 6.07 Å². The molecule has 3 aromatic heterocycles. The van der Waals surface area contributed by atoms with Gasteiger partial charge in [-0.15, -0.1) is 36.5 Å². The van der Waals surface area contributed by atoms with Gasteiger partial charge in [0.15, 0.2) is 5.65 Å². The normalized spacial score (nSPS) is 12.6. The molecule has 264 valence electrons. The molecular formula is C29H17F12N7O2. The second kappa shape index (κ2) is 13.3. The number of fused-ring (bicyclic) bond motifs is 2. The molecule has 6 aromatic rings. The van der Waals surface area contributed by atoms with Gasteiger partial charge in [0, 0.05) is 5.56 Å². The average Bonchev–Trinajstić information content (AvgIpc) is 3.58. The topological polar surface area (TPSA) is 92.8 Å². The minimum Gasteiger partial charge on any atom is -0.406 e. The van der Waals surface area contributed by atoms with Crippen LogP contribution >= 0.6 is 0 Å². The number of benzene rings is 3. The molecule has 0 unspecified atom stereocenters. The molecule has 3 aromatic carbocycles. The number of halogens is 12. The highest BCUT2D eigenvalue weighted by atomic mass is 19.4. The van der Waals surface area contributed by atoms with Crippen molar-refractivity contribution in [2.75, 3.05) is 0 Å². The molecule has 0 amide bonds. The fourth-order valence-electron chi connectivity index (χ4n) is 4.40. The van der Waals surface area contributed by atoms with Gasteiger partial charge < -0.3 is 9.47 Å². The van der Waals surface area contributed by atoms with Gasteiger partial charge in [-0.1, -0.05) is 28.6 Å². The van der Waals surface area contributed by atoms with Crippen molar-refractivity contribution in [2.45, 2.75) is 38.2 Å². The van der Waals surface area contributed by atoms with Crippen molar-refractivity contribution in [3.63, 3.8) is 0 Å². The lowest BCUT2D eigenvalue weighted by molar-refractivity contribution is -0.275. The number of aromatic nitrogens is 7. The lowest BCUT2D eigenvalue weighted by Crippen LogP contribution is -2.19. The number of pyridine rings is 1. The van der Waals surface area contributed by atoms with Crippen molar-refractivity contribution in [3.05, 3.63) is 78.9 Å². The largest absolute Gasteiger partial charge is 0.573 e. The van der Waals surface area contributed by atoms with Crippen LogP contribution in [0.2, 0.25) is 0 Å². The molecule has 0 saturated heterocycles. The first-order valence-corrected chi connectivity index (χ1v) is 13.6. The zero-order chi connectivity index (χ0) is 36.5. The predicted octanol–water partition coefficient (Wildman–Crippen LogP) is 8.51. The monoisotopic (exact) mass is 723 g/mol. The van der Waals surface area contributed by atoms with E-state index in [0.717, 1.165) is 28.9 Å². The summed E-state index contributed by atoms with van der Waals surface area (Å²) in [5.74, 6) is -0.804. The summed E-state index contributed by atoms with van der Waals surface area (Å²) in [6, 6.07) is 17.2. The van der Waals surface area contributed by atoms with E-state index in [2.05, 4.69) is 35.1 Å². The van der Waals surface area contributed by atoms with Crippen molar-refractivity contribution in [1.29, 1.82) is 0 Å². The Labute approximate surface area is 270 Å². The number of hydrogen-bond donors (Lipinski definition) is 0. The zero-order valence-corrected chi connectivity index (χ0v) is 24.4. The maximum absolute atomic E-state index is 12.6. The smallest absolute Gasteiger partial charge is 0.406 e. The first-order valence-electron chi connectivity index (χ1n) is 13.6. The number of alkyl halides is 12. The quantitative estimate of drug-likeness (QED) is 0.159. The Bertz CT molecular complexity index is 1920. The highest BCUT2D eigenvalue weighted by molar-refractivity contribution is 5.81. The Morgan fingerprint density at radius 3 is 1.50 bits per heavy atom. The lowest BCUT2D eigenvalue weighted by Gasteiger charge is -2.10. The average molecular weight is 723 g/mol. The molecule has 0 fully saturated rings. The van der Waals surface area contributed by atoms with Crippen LogP contribution < -0.4 is 9.47 Å². The van der Waals surface area contributed by atoms with E-state index in [4.69, 9.17) is 0 Å². The van der Waals surface area contributed by atoms with Crippen molar-refractivity contribution in [3.8, 4) is 33.9 Å². The van der Waals surface area contributed by atoms with Gasteiger partial charge in [-0.2, -0.15) is 26.3 Å². The minimum atomic E-state index is -4.81. The molecule has 0 radical (unpaired) electrons. The van der Waals surface area contributed by atoms with Crippen molar-refractivity contribution in [2.24, 2.45) is 0 Å². The van der Waals surface area contributed by atoms with Gasteiger partial charge in [-0.05, 0) is 71.8 Å². The highest BCUT2D eigenvalue weighted by Gasteiger charge is 2.33. The summed E-state index contributed by atoms with van der Waals surface area (Å²) in [6.07, 6.45) is -18.5. The number of hydrogen-bond acceptors (Lipinski definition) is 7. The molecule has 50 heavy (non-hydrogen) atoms. The molecule has 9 nitrogen and oxygen atoms in total. The molecule has 0 aliphatic rings. The molecule has 0 N–H and O–H groups in total. The van der Waals surface area contributed by atoms with E-state index in [1.165, 1.54) is 48.5 Å². The van der Waals surface area contributed by atoms with Crippen molar-refractivity contribution in [1.82, 2.24) is 35.0 Å². The summed E-state index contributed by atoms with van der Waals surface area (Å²) in [4.78, 5) is 4.07. The Hall–Kier alpha value is -5.63. The second-order valence-corrected chi connectivity index (χ2v) is 10.1. The van der Waals surface area contributed by atoms with Crippen LogP contribution in [0.1, 0.15) is 0 Å². The van der Waals surface area contributed by atoms with E-state index < -0.39 is 43.9 Å². The summed E-state index contributed by atoms with van der Waals surface area (Å²) in [7, 11) is 0. The van der Waals surface area contributed by atoms with E-state index >= 15 is 0 Å².